The molecule has 0 fully saturated rings. The first-order valence-electron chi connectivity index (χ1n) is 5.86. The number of carbonyl (C=O) groups is 1. The number of aryl methyl sites for hydroxylation is 1. The standard InChI is InChI=1S/C15H20O3/c1-10-8-11(6-7-13(16)18-5)9-12(14(10)17)15(2,3)4/h6-9,17H,1-5H3. The topological polar surface area (TPSA) is 46.5 Å². The third-order valence-electron chi connectivity index (χ3n) is 2.74. The van der Waals surface area contributed by atoms with Gasteiger partial charge in [-0.25, -0.2) is 4.79 Å². The quantitative estimate of drug-likeness (QED) is 0.646. The number of ether oxygens (including phenoxy) is 1. The van der Waals surface area contributed by atoms with Crippen molar-refractivity contribution in [2.75, 3.05) is 7.11 Å². The van der Waals surface area contributed by atoms with E-state index in [4.69, 9.17) is 0 Å². The van der Waals surface area contributed by atoms with E-state index < -0.39 is 5.97 Å². The highest BCUT2D eigenvalue weighted by Crippen LogP contribution is 2.34. The largest absolute Gasteiger partial charge is 0.507 e. The number of aromatic hydroxyl groups is 1. The lowest BCUT2D eigenvalue weighted by Gasteiger charge is -2.22. The summed E-state index contributed by atoms with van der Waals surface area (Å²) in [5.41, 5.74) is 2.39. The van der Waals surface area contributed by atoms with Crippen LogP contribution >= 0.6 is 0 Å². The summed E-state index contributed by atoms with van der Waals surface area (Å²) in [4.78, 5) is 11.1. The van der Waals surface area contributed by atoms with Crippen molar-refractivity contribution >= 4 is 12.0 Å². The molecule has 0 spiro atoms. The van der Waals surface area contributed by atoms with Crippen molar-refractivity contribution in [3.8, 4) is 5.75 Å². The molecule has 0 amide bonds. The van der Waals surface area contributed by atoms with Gasteiger partial charge < -0.3 is 9.84 Å². The van der Waals surface area contributed by atoms with Gasteiger partial charge in [0.05, 0.1) is 7.11 Å². The van der Waals surface area contributed by atoms with Crippen LogP contribution in [-0.2, 0) is 14.9 Å². The molecule has 98 valence electrons. The minimum Gasteiger partial charge on any atom is -0.507 e. The third-order valence-corrected chi connectivity index (χ3v) is 2.74. The molecule has 0 radical (unpaired) electrons. The zero-order valence-electron chi connectivity index (χ0n) is 11.6. The van der Waals surface area contributed by atoms with Gasteiger partial charge in [0, 0.05) is 11.6 Å². The number of rotatable bonds is 2. The lowest BCUT2D eigenvalue weighted by molar-refractivity contribution is -0.134. The van der Waals surface area contributed by atoms with Gasteiger partial charge >= 0.3 is 5.97 Å². The maximum absolute atomic E-state index is 11.1. The average molecular weight is 248 g/mol. The zero-order valence-corrected chi connectivity index (χ0v) is 11.6. The molecule has 0 aliphatic rings. The lowest BCUT2D eigenvalue weighted by atomic mass is 9.84. The van der Waals surface area contributed by atoms with E-state index in [9.17, 15) is 9.90 Å². The first-order valence-corrected chi connectivity index (χ1v) is 5.86. The highest BCUT2D eigenvalue weighted by molar-refractivity contribution is 5.87. The Hall–Kier alpha value is -1.77. The molecule has 0 heterocycles. The van der Waals surface area contributed by atoms with Gasteiger partial charge in [0.2, 0.25) is 0 Å². The van der Waals surface area contributed by atoms with E-state index in [0.29, 0.717) is 5.75 Å². The molecule has 0 bridgehead atoms. The maximum Gasteiger partial charge on any atom is 0.330 e. The van der Waals surface area contributed by atoms with Crippen LogP contribution in [0.5, 0.6) is 5.75 Å². The monoisotopic (exact) mass is 248 g/mol. The van der Waals surface area contributed by atoms with Crippen LogP contribution in [0.2, 0.25) is 0 Å². The molecular weight excluding hydrogens is 228 g/mol. The second-order valence-corrected chi connectivity index (χ2v) is 5.34. The van der Waals surface area contributed by atoms with Crippen LogP contribution in [-0.4, -0.2) is 18.2 Å². The molecule has 0 unspecified atom stereocenters. The van der Waals surface area contributed by atoms with Crippen molar-refractivity contribution in [1.29, 1.82) is 0 Å². The lowest BCUT2D eigenvalue weighted by Crippen LogP contribution is -2.12. The SMILES string of the molecule is COC(=O)C=Cc1cc(C)c(O)c(C(C)(C)C)c1. The molecule has 3 nitrogen and oxygen atoms in total. The van der Waals surface area contributed by atoms with Crippen molar-refractivity contribution < 1.29 is 14.6 Å². The molecule has 0 aliphatic carbocycles. The van der Waals surface area contributed by atoms with Gasteiger partial charge in [-0.15, -0.1) is 0 Å². The number of hydrogen-bond acceptors (Lipinski definition) is 3. The second-order valence-electron chi connectivity index (χ2n) is 5.34. The van der Waals surface area contributed by atoms with Gasteiger partial charge in [0.25, 0.3) is 0 Å². The Morgan fingerprint density at radius 2 is 1.94 bits per heavy atom. The number of carbonyl (C=O) groups excluding carboxylic acids is 1. The minimum absolute atomic E-state index is 0.149. The Labute approximate surface area is 108 Å². The first kappa shape index (κ1) is 14.3. The highest BCUT2D eigenvalue weighted by atomic mass is 16.5. The zero-order chi connectivity index (χ0) is 13.9. The van der Waals surface area contributed by atoms with E-state index in [1.807, 2.05) is 39.8 Å². The van der Waals surface area contributed by atoms with Gasteiger partial charge in [-0.3, -0.25) is 0 Å². The summed E-state index contributed by atoms with van der Waals surface area (Å²) in [6.45, 7) is 7.96. The molecular formula is C15H20O3. The van der Waals surface area contributed by atoms with Crippen LogP contribution in [0.1, 0.15) is 37.5 Å². The number of phenols is 1. The van der Waals surface area contributed by atoms with E-state index in [-0.39, 0.29) is 5.41 Å². The predicted molar refractivity (Wildman–Crippen MR) is 72.6 cm³/mol. The first-order chi connectivity index (χ1) is 8.25. The summed E-state index contributed by atoms with van der Waals surface area (Å²) >= 11 is 0. The van der Waals surface area contributed by atoms with E-state index in [2.05, 4.69) is 4.74 Å². The maximum atomic E-state index is 11.1. The second kappa shape index (κ2) is 5.25. The summed E-state index contributed by atoms with van der Waals surface area (Å²) in [5, 5.41) is 10.1. The highest BCUT2D eigenvalue weighted by Gasteiger charge is 2.19. The van der Waals surface area contributed by atoms with Crippen LogP contribution in [0.15, 0.2) is 18.2 Å². The Bertz CT molecular complexity index is 479. The molecule has 1 aromatic rings. The van der Waals surface area contributed by atoms with Gasteiger partial charge in [-0.1, -0.05) is 20.8 Å². The molecule has 3 heteroatoms. The number of methoxy groups -OCH3 is 1. The molecule has 0 saturated heterocycles. The number of esters is 1. The average Bonchev–Trinajstić information content (AvgIpc) is 2.28. The fourth-order valence-electron chi connectivity index (χ4n) is 1.71. The summed E-state index contributed by atoms with van der Waals surface area (Å²) in [5.74, 6) is -0.0734. The van der Waals surface area contributed by atoms with Crippen molar-refractivity contribution in [2.45, 2.75) is 33.1 Å². The Kier molecular flexibility index (Phi) is 4.17. The van der Waals surface area contributed by atoms with Gasteiger partial charge in [0.15, 0.2) is 0 Å². The van der Waals surface area contributed by atoms with Gasteiger partial charge in [0.1, 0.15) is 5.75 Å². The molecule has 0 saturated carbocycles. The van der Waals surface area contributed by atoms with E-state index in [1.165, 1.54) is 13.2 Å². The number of hydrogen-bond donors (Lipinski definition) is 1. The molecule has 1 aromatic carbocycles. The smallest absolute Gasteiger partial charge is 0.330 e. The fraction of sp³-hybridized carbons (Fsp3) is 0.400. The van der Waals surface area contributed by atoms with Crippen molar-refractivity contribution in [1.82, 2.24) is 0 Å². The molecule has 0 atom stereocenters. The number of benzene rings is 1. The fourth-order valence-corrected chi connectivity index (χ4v) is 1.71. The minimum atomic E-state index is -0.391. The normalized spacial score (nSPS) is 11.8. The Morgan fingerprint density at radius 3 is 2.44 bits per heavy atom. The van der Waals surface area contributed by atoms with Crippen LogP contribution in [0, 0.1) is 6.92 Å². The predicted octanol–water partition coefficient (Wildman–Crippen LogP) is 3.18. The van der Waals surface area contributed by atoms with Crippen molar-refractivity contribution in [2.24, 2.45) is 0 Å². The molecule has 0 aliphatic heterocycles. The Morgan fingerprint density at radius 1 is 1.33 bits per heavy atom. The van der Waals surface area contributed by atoms with Gasteiger partial charge in [-0.05, 0) is 41.7 Å². The van der Waals surface area contributed by atoms with Crippen LogP contribution in [0.4, 0.5) is 0 Å². The van der Waals surface area contributed by atoms with E-state index in [1.54, 1.807) is 6.08 Å². The summed E-state index contributed by atoms with van der Waals surface area (Å²) in [6, 6.07) is 3.73. The van der Waals surface area contributed by atoms with E-state index >= 15 is 0 Å². The van der Waals surface area contributed by atoms with Crippen LogP contribution in [0.25, 0.3) is 6.08 Å². The molecule has 0 aromatic heterocycles. The Balaban J connectivity index is 3.21. The van der Waals surface area contributed by atoms with Crippen LogP contribution in [0.3, 0.4) is 0 Å². The summed E-state index contributed by atoms with van der Waals surface area (Å²) in [6.07, 6.45) is 3.06. The molecule has 1 rings (SSSR count). The molecule has 18 heavy (non-hydrogen) atoms. The van der Waals surface area contributed by atoms with Crippen molar-refractivity contribution in [3.05, 3.63) is 34.9 Å². The van der Waals surface area contributed by atoms with Crippen molar-refractivity contribution in [3.63, 3.8) is 0 Å². The van der Waals surface area contributed by atoms with E-state index in [0.717, 1.165) is 16.7 Å². The summed E-state index contributed by atoms with van der Waals surface area (Å²) < 4.78 is 4.55. The molecule has 1 N–H and O–H groups in total. The summed E-state index contributed by atoms with van der Waals surface area (Å²) in [7, 11) is 1.34. The van der Waals surface area contributed by atoms with Crippen LogP contribution < -0.4 is 0 Å². The number of phenolic OH excluding ortho intramolecular Hbond substituents is 1. The third kappa shape index (κ3) is 3.36. The van der Waals surface area contributed by atoms with Gasteiger partial charge in [-0.2, -0.15) is 0 Å².